The molecule has 0 radical (unpaired) electrons. The van der Waals surface area contributed by atoms with Crippen molar-refractivity contribution in [2.45, 2.75) is 33.2 Å². The van der Waals surface area contributed by atoms with Crippen molar-refractivity contribution in [3.8, 4) is 17.0 Å². The monoisotopic (exact) mass is 395 g/mol. The van der Waals surface area contributed by atoms with Gasteiger partial charge in [-0.05, 0) is 43.5 Å². The van der Waals surface area contributed by atoms with Crippen LogP contribution in [0.25, 0.3) is 11.3 Å². The molecule has 1 unspecified atom stereocenters. The van der Waals surface area contributed by atoms with Gasteiger partial charge in [-0.2, -0.15) is 5.10 Å². The van der Waals surface area contributed by atoms with Crippen LogP contribution >= 0.6 is 11.6 Å². The molecule has 144 valence electrons. The largest absolute Gasteiger partial charge is 0.507 e. The van der Waals surface area contributed by atoms with Gasteiger partial charge in [-0.3, -0.25) is 9.89 Å². The molecule has 2 heterocycles. The molecule has 2 aromatic carbocycles. The number of rotatable bonds is 4. The van der Waals surface area contributed by atoms with Crippen molar-refractivity contribution < 1.29 is 9.90 Å². The highest BCUT2D eigenvalue weighted by molar-refractivity contribution is 6.31. The van der Waals surface area contributed by atoms with Crippen LogP contribution in [-0.2, 0) is 0 Å². The van der Waals surface area contributed by atoms with Crippen LogP contribution in [0, 0.1) is 13.8 Å². The first-order valence-corrected chi connectivity index (χ1v) is 9.75. The fourth-order valence-electron chi connectivity index (χ4n) is 3.82. The van der Waals surface area contributed by atoms with Gasteiger partial charge < -0.3 is 10.0 Å². The maximum Gasteiger partial charge on any atom is 0.273 e. The standard InChI is InChI=1S/C22H22ClN3O2/c1-4-9-26-21(14-7-5-12(2)6-8-14)18-19(24-25-20(18)22(26)28)15-11-16(23)13(3)10-17(15)27/h5-8,10-11,21,27H,4,9H2,1-3H3,(H,24,25). The number of aromatic nitrogens is 2. The van der Waals surface area contributed by atoms with E-state index in [0.717, 1.165) is 28.7 Å². The van der Waals surface area contributed by atoms with Crippen LogP contribution in [0.2, 0.25) is 5.02 Å². The molecule has 1 amide bonds. The van der Waals surface area contributed by atoms with Crippen LogP contribution in [0.5, 0.6) is 5.75 Å². The normalized spacial score (nSPS) is 15.9. The van der Waals surface area contributed by atoms with E-state index in [1.54, 1.807) is 12.1 Å². The minimum atomic E-state index is -0.253. The maximum absolute atomic E-state index is 13.1. The summed E-state index contributed by atoms with van der Waals surface area (Å²) in [6, 6.07) is 11.3. The zero-order valence-corrected chi connectivity index (χ0v) is 16.8. The first kappa shape index (κ1) is 18.6. The summed E-state index contributed by atoms with van der Waals surface area (Å²) in [7, 11) is 0. The Labute approximate surface area is 169 Å². The van der Waals surface area contributed by atoms with Crippen LogP contribution < -0.4 is 0 Å². The second-order valence-electron chi connectivity index (χ2n) is 7.29. The van der Waals surface area contributed by atoms with Gasteiger partial charge in [0.1, 0.15) is 17.1 Å². The Bertz CT molecular complexity index is 1060. The molecule has 0 bridgehead atoms. The van der Waals surface area contributed by atoms with Crippen LogP contribution in [-0.4, -0.2) is 32.7 Å². The van der Waals surface area contributed by atoms with Gasteiger partial charge in [0.15, 0.2) is 0 Å². The van der Waals surface area contributed by atoms with E-state index >= 15 is 0 Å². The SMILES string of the molecule is CCCN1C(=O)c2[nH]nc(-c3cc(Cl)c(C)cc3O)c2C1c1ccc(C)cc1. The van der Waals surface area contributed by atoms with E-state index in [2.05, 4.69) is 17.1 Å². The van der Waals surface area contributed by atoms with Gasteiger partial charge in [0.2, 0.25) is 0 Å². The second kappa shape index (κ2) is 6.99. The summed E-state index contributed by atoms with van der Waals surface area (Å²) in [5.74, 6) is 0.0270. The predicted octanol–water partition coefficient (Wildman–Crippen LogP) is 5.01. The number of aromatic hydroxyl groups is 1. The number of hydrogen-bond donors (Lipinski definition) is 2. The number of carbonyl (C=O) groups is 1. The van der Waals surface area contributed by atoms with Crippen molar-refractivity contribution in [1.29, 1.82) is 0 Å². The summed E-state index contributed by atoms with van der Waals surface area (Å²) in [6.45, 7) is 6.56. The topological polar surface area (TPSA) is 69.2 Å². The van der Waals surface area contributed by atoms with E-state index in [1.165, 1.54) is 0 Å². The Morgan fingerprint density at radius 1 is 1.21 bits per heavy atom. The number of nitrogens with zero attached hydrogens (tertiary/aromatic N) is 2. The number of phenols is 1. The van der Waals surface area contributed by atoms with Crippen molar-refractivity contribution in [3.63, 3.8) is 0 Å². The maximum atomic E-state index is 13.1. The number of nitrogens with one attached hydrogen (secondary N) is 1. The Balaban J connectivity index is 1.92. The molecule has 0 saturated carbocycles. The smallest absolute Gasteiger partial charge is 0.273 e. The van der Waals surface area contributed by atoms with Crippen molar-refractivity contribution in [3.05, 3.63) is 69.4 Å². The summed E-state index contributed by atoms with van der Waals surface area (Å²) < 4.78 is 0. The number of amides is 1. The highest BCUT2D eigenvalue weighted by atomic mass is 35.5. The molecule has 1 aliphatic rings. The van der Waals surface area contributed by atoms with Gasteiger partial charge in [-0.25, -0.2) is 0 Å². The van der Waals surface area contributed by atoms with Gasteiger partial charge in [-0.15, -0.1) is 0 Å². The third kappa shape index (κ3) is 2.87. The number of benzene rings is 2. The summed E-state index contributed by atoms with van der Waals surface area (Å²) in [5.41, 5.74) is 5.32. The highest BCUT2D eigenvalue weighted by Crippen LogP contribution is 2.45. The molecule has 0 saturated heterocycles. The van der Waals surface area contributed by atoms with Crippen molar-refractivity contribution in [1.82, 2.24) is 15.1 Å². The molecule has 0 aliphatic carbocycles. The lowest BCUT2D eigenvalue weighted by atomic mass is 9.94. The fourth-order valence-corrected chi connectivity index (χ4v) is 3.99. The number of aryl methyl sites for hydroxylation is 2. The molecule has 3 aromatic rings. The van der Waals surface area contributed by atoms with E-state index in [0.29, 0.717) is 28.5 Å². The minimum absolute atomic E-state index is 0.0705. The second-order valence-corrected chi connectivity index (χ2v) is 7.70. The number of fused-ring (bicyclic) bond motifs is 1. The third-order valence-corrected chi connectivity index (χ3v) is 5.66. The Morgan fingerprint density at radius 2 is 1.93 bits per heavy atom. The van der Waals surface area contributed by atoms with Gasteiger partial charge in [0, 0.05) is 22.7 Å². The third-order valence-electron chi connectivity index (χ3n) is 5.25. The summed E-state index contributed by atoms with van der Waals surface area (Å²) in [5, 5.41) is 18.4. The van der Waals surface area contributed by atoms with Crippen LogP contribution in [0.1, 0.15) is 52.1 Å². The molecule has 28 heavy (non-hydrogen) atoms. The van der Waals surface area contributed by atoms with Crippen molar-refractivity contribution >= 4 is 17.5 Å². The Hall–Kier alpha value is -2.79. The number of phenolic OH excluding ortho intramolecular Hbond substituents is 1. The van der Waals surface area contributed by atoms with E-state index in [4.69, 9.17) is 11.6 Å². The molecular formula is C22H22ClN3O2. The molecule has 5 nitrogen and oxygen atoms in total. The Morgan fingerprint density at radius 3 is 2.61 bits per heavy atom. The summed E-state index contributed by atoms with van der Waals surface area (Å²) in [4.78, 5) is 14.9. The lowest BCUT2D eigenvalue weighted by Crippen LogP contribution is -2.30. The first-order valence-electron chi connectivity index (χ1n) is 9.37. The van der Waals surface area contributed by atoms with Crippen LogP contribution in [0.4, 0.5) is 0 Å². The molecule has 1 aromatic heterocycles. The number of hydrogen-bond acceptors (Lipinski definition) is 3. The number of carbonyl (C=O) groups excluding carboxylic acids is 1. The number of aromatic amines is 1. The van der Waals surface area contributed by atoms with Gasteiger partial charge in [0.05, 0.1) is 6.04 Å². The van der Waals surface area contributed by atoms with Gasteiger partial charge in [-0.1, -0.05) is 48.4 Å². The zero-order chi connectivity index (χ0) is 20.0. The molecule has 0 spiro atoms. The zero-order valence-electron chi connectivity index (χ0n) is 16.1. The predicted molar refractivity (Wildman–Crippen MR) is 110 cm³/mol. The fraction of sp³-hybridized carbons (Fsp3) is 0.273. The molecule has 1 aliphatic heterocycles. The number of halogens is 1. The van der Waals surface area contributed by atoms with Crippen molar-refractivity contribution in [2.24, 2.45) is 0 Å². The average Bonchev–Trinajstić information content (AvgIpc) is 3.20. The molecule has 2 N–H and O–H groups in total. The summed E-state index contributed by atoms with van der Waals surface area (Å²) in [6.07, 6.45) is 0.850. The van der Waals surface area contributed by atoms with Crippen molar-refractivity contribution in [2.75, 3.05) is 6.54 Å². The van der Waals surface area contributed by atoms with E-state index in [-0.39, 0.29) is 17.7 Å². The lowest BCUT2D eigenvalue weighted by molar-refractivity contribution is 0.0744. The molecule has 6 heteroatoms. The van der Waals surface area contributed by atoms with Gasteiger partial charge in [0.25, 0.3) is 5.91 Å². The molecule has 1 atom stereocenters. The van der Waals surface area contributed by atoms with E-state index in [9.17, 15) is 9.90 Å². The van der Waals surface area contributed by atoms with Gasteiger partial charge >= 0.3 is 0 Å². The first-order chi connectivity index (χ1) is 13.4. The summed E-state index contributed by atoms with van der Waals surface area (Å²) >= 11 is 6.31. The highest BCUT2D eigenvalue weighted by Gasteiger charge is 2.42. The average molecular weight is 396 g/mol. The number of H-pyrrole nitrogens is 1. The van der Waals surface area contributed by atoms with Crippen LogP contribution in [0.3, 0.4) is 0 Å². The molecular weight excluding hydrogens is 374 g/mol. The Kier molecular flexibility index (Phi) is 4.63. The lowest BCUT2D eigenvalue weighted by Gasteiger charge is -2.26. The minimum Gasteiger partial charge on any atom is -0.507 e. The molecule has 0 fully saturated rings. The van der Waals surface area contributed by atoms with Crippen LogP contribution in [0.15, 0.2) is 36.4 Å². The quantitative estimate of drug-likeness (QED) is 0.652. The van der Waals surface area contributed by atoms with E-state index < -0.39 is 0 Å². The van der Waals surface area contributed by atoms with E-state index in [1.807, 2.05) is 43.0 Å². The molecule has 4 rings (SSSR count).